The summed E-state index contributed by atoms with van der Waals surface area (Å²) in [6.45, 7) is 1.68. The van der Waals surface area contributed by atoms with E-state index in [0.717, 1.165) is 36.8 Å². The van der Waals surface area contributed by atoms with Gasteiger partial charge in [-0.05, 0) is 17.9 Å². The molecule has 0 fully saturated rings. The lowest BCUT2D eigenvalue weighted by Crippen LogP contribution is -2.03. The van der Waals surface area contributed by atoms with Crippen molar-refractivity contribution in [3.8, 4) is 0 Å². The second-order valence-corrected chi connectivity index (χ2v) is 5.53. The second kappa shape index (κ2) is 6.74. The molecular formula is C12H16N2OS2. The quantitative estimate of drug-likeness (QED) is 0.838. The molecule has 0 radical (unpaired) electrons. The molecule has 2 aromatic heterocycles. The summed E-state index contributed by atoms with van der Waals surface area (Å²) < 4.78 is 5.03. The Kier molecular flexibility index (Phi) is 4.97. The zero-order valence-corrected chi connectivity index (χ0v) is 11.4. The minimum atomic E-state index is 0.734. The number of aromatic nitrogens is 1. The monoisotopic (exact) mass is 268 g/mol. The zero-order valence-electron chi connectivity index (χ0n) is 9.81. The van der Waals surface area contributed by atoms with Crippen molar-refractivity contribution in [3.05, 3.63) is 33.5 Å². The van der Waals surface area contributed by atoms with Crippen LogP contribution in [0.25, 0.3) is 0 Å². The summed E-state index contributed by atoms with van der Waals surface area (Å²) >= 11 is 3.46. The van der Waals surface area contributed by atoms with Gasteiger partial charge in [0.25, 0.3) is 0 Å². The third-order valence-electron chi connectivity index (χ3n) is 2.34. The Hall–Kier alpha value is -0.910. The van der Waals surface area contributed by atoms with Gasteiger partial charge in [0.2, 0.25) is 0 Å². The first-order chi connectivity index (χ1) is 8.38. The van der Waals surface area contributed by atoms with Crippen LogP contribution in [-0.4, -0.2) is 25.2 Å². The molecule has 2 heterocycles. The van der Waals surface area contributed by atoms with E-state index < -0.39 is 0 Å². The Labute approximate surface area is 109 Å². The smallest absolute Gasteiger partial charge is 0.182 e. The molecule has 0 amide bonds. The number of rotatable bonds is 7. The minimum absolute atomic E-state index is 0.734. The van der Waals surface area contributed by atoms with Gasteiger partial charge in [0.15, 0.2) is 5.13 Å². The Morgan fingerprint density at radius 3 is 3.06 bits per heavy atom. The van der Waals surface area contributed by atoms with Crippen LogP contribution in [0.2, 0.25) is 0 Å². The first kappa shape index (κ1) is 12.5. The predicted molar refractivity (Wildman–Crippen MR) is 74.2 cm³/mol. The molecule has 0 aromatic carbocycles. The van der Waals surface area contributed by atoms with Crippen LogP contribution in [0.1, 0.15) is 10.6 Å². The van der Waals surface area contributed by atoms with E-state index in [1.165, 1.54) is 4.88 Å². The van der Waals surface area contributed by atoms with Crippen LogP contribution in [-0.2, 0) is 17.6 Å². The van der Waals surface area contributed by atoms with Gasteiger partial charge in [-0.25, -0.2) is 4.98 Å². The summed E-state index contributed by atoms with van der Waals surface area (Å²) in [6, 6.07) is 4.25. The maximum absolute atomic E-state index is 5.03. The Morgan fingerprint density at radius 2 is 2.29 bits per heavy atom. The van der Waals surface area contributed by atoms with Crippen LogP contribution in [0.15, 0.2) is 22.9 Å². The SMILES string of the molecule is COCCc1csc(NCCc2cccs2)n1. The van der Waals surface area contributed by atoms with Gasteiger partial charge >= 0.3 is 0 Å². The molecule has 0 unspecified atom stereocenters. The molecule has 17 heavy (non-hydrogen) atoms. The summed E-state index contributed by atoms with van der Waals surface area (Å²) in [5, 5.41) is 8.56. The van der Waals surface area contributed by atoms with E-state index >= 15 is 0 Å². The van der Waals surface area contributed by atoms with Crippen LogP contribution in [0, 0.1) is 0 Å². The van der Waals surface area contributed by atoms with Crippen LogP contribution < -0.4 is 5.32 Å². The van der Waals surface area contributed by atoms with Crippen LogP contribution in [0.3, 0.4) is 0 Å². The number of anilines is 1. The van der Waals surface area contributed by atoms with Gasteiger partial charge in [-0.1, -0.05) is 6.07 Å². The maximum Gasteiger partial charge on any atom is 0.182 e. The lowest BCUT2D eigenvalue weighted by molar-refractivity contribution is 0.201. The molecule has 0 bridgehead atoms. The molecule has 0 spiro atoms. The van der Waals surface area contributed by atoms with Crippen molar-refractivity contribution in [1.82, 2.24) is 4.98 Å². The molecule has 5 heteroatoms. The number of thiazole rings is 1. The lowest BCUT2D eigenvalue weighted by atomic mass is 10.3. The highest BCUT2D eigenvalue weighted by Gasteiger charge is 2.01. The topological polar surface area (TPSA) is 34.1 Å². The van der Waals surface area contributed by atoms with E-state index in [-0.39, 0.29) is 0 Å². The summed E-state index contributed by atoms with van der Waals surface area (Å²) in [6.07, 6.45) is 1.95. The average molecular weight is 268 g/mol. The van der Waals surface area contributed by atoms with Gasteiger partial charge in [0.05, 0.1) is 12.3 Å². The molecular weight excluding hydrogens is 252 g/mol. The molecule has 0 aliphatic heterocycles. The first-order valence-electron chi connectivity index (χ1n) is 5.58. The molecule has 92 valence electrons. The van der Waals surface area contributed by atoms with Crippen molar-refractivity contribution >= 4 is 27.8 Å². The second-order valence-electron chi connectivity index (χ2n) is 3.64. The van der Waals surface area contributed by atoms with E-state index in [0.29, 0.717) is 0 Å². The molecule has 0 saturated heterocycles. The number of hydrogen-bond acceptors (Lipinski definition) is 5. The predicted octanol–water partition coefficient (Wildman–Crippen LogP) is 3.05. The minimum Gasteiger partial charge on any atom is -0.384 e. The van der Waals surface area contributed by atoms with Gasteiger partial charge in [-0.2, -0.15) is 0 Å². The third-order valence-corrected chi connectivity index (χ3v) is 4.13. The molecule has 1 N–H and O–H groups in total. The highest BCUT2D eigenvalue weighted by molar-refractivity contribution is 7.13. The Bertz CT molecular complexity index is 425. The van der Waals surface area contributed by atoms with Gasteiger partial charge in [-0.15, -0.1) is 22.7 Å². The fourth-order valence-corrected chi connectivity index (χ4v) is 2.94. The van der Waals surface area contributed by atoms with Gasteiger partial charge in [0.1, 0.15) is 0 Å². The van der Waals surface area contributed by atoms with Crippen molar-refractivity contribution in [2.45, 2.75) is 12.8 Å². The van der Waals surface area contributed by atoms with E-state index in [9.17, 15) is 0 Å². The zero-order chi connectivity index (χ0) is 11.9. The molecule has 0 aliphatic carbocycles. The van der Waals surface area contributed by atoms with Crippen LogP contribution in [0.4, 0.5) is 5.13 Å². The first-order valence-corrected chi connectivity index (χ1v) is 7.34. The number of nitrogens with one attached hydrogen (secondary N) is 1. The van der Waals surface area contributed by atoms with Crippen molar-refractivity contribution in [2.75, 3.05) is 25.6 Å². The van der Waals surface area contributed by atoms with Crippen molar-refractivity contribution in [1.29, 1.82) is 0 Å². The van der Waals surface area contributed by atoms with E-state index in [4.69, 9.17) is 4.74 Å². The third kappa shape index (κ3) is 4.11. The van der Waals surface area contributed by atoms with E-state index in [2.05, 4.69) is 33.2 Å². The normalized spacial score (nSPS) is 10.6. The number of thiophene rings is 1. The number of methoxy groups -OCH3 is 1. The van der Waals surface area contributed by atoms with E-state index in [1.807, 2.05) is 0 Å². The Morgan fingerprint density at radius 1 is 1.35 bits per heavy atom. The fraction of sp³-hybridized carbons (Fsp3) is 0.417. The number of ether oxygens (including phenoxy) is 1. The maximum atomic E-state index is 5.03. The summed E-state index contributed by atoms with van der Waals surface area (Å²) in [7, 11) is 1.71. The highest BCUT2D eigenvalue weighted by atomic mass is 32.1. The summed E-state index contributed by atoms with van der Waals surface area (Å²) in [4.78, 5) is 5.91. The van der Waals surface area contributed by atoms with Crippen LogP contribution in [0.5, 0.6) is 0 Å². The molecule has 0 aliphatic rings. The fourth-order valence-electron chi connectivity index (χ4n) is 1.46. The van der Waals surface area contributed by atoms with Gasteiger partial charge in [0, 0.05) is 30.3 Å². The van der Waals surface area contributed by atoms with Crippen molar-refractivity contribution in [3.63, 3.8) is 0 Å². The van der Waals surface area contributed by atoms with Crippen molar-refractivity contribution < 1.29 is 4.74 Å². The number of nitrogens with zero attached hydrogens (tertiary/aromatic N) is 1. The molecule has 0 atom stereocenters. The largest absolute Gasteiger partial charge is 0.384 e. The number of hydrogen-bond donors (Lipinski definition) is 1. The molecule has 2 rings (SSSR count). The van der Waals surface area contributed by atoms with E-state index in [1.54, 1.807) is 29.8 Å². The summed E-state index contributed by atoms with van der Waals surface area (Å²) in [5.74, 6) is 0. The average Bonchev–Trinajstić information content (AvgIpc) is 2.98. The lowest BCUT2D eigenvalue weighted by Gasteiger charge is -2.00. The molecule has 2 aromatic rings. The molecule has 0 saturated carbocycles. The van der Waals surface area contributed by atoms with Crippen LogP contribution >= 0.6 is 22.7 Å². The Balaban J connectivity index is 1.73. The highest BCUT2D eigenvalue weighted by Crippen LogP contribution is 2.16. The van der Waals surface area contributed by atoms with Gasteiger partial charge in [-0.3, -0.25) is 0 Å². The van der Waals surface area contributed by atoms with Crippen molar-refractivity contribution in [2.24, 2.45) is 0 Å². The molecule has 3 nitrogen and oxygen atoms in total. The summed E-state index contributed by atoms with van der Waals surface area (Å²) in [5.41, 5.74) is 1.11. The van der Waals surface area contributed by atoms with Gasteiger partial charge < -0.3 is 10.1 Å². The standard InChI is InChI=1S/C12H16N2OS2/c1-15-7-5-10-9-17-12(14-10)13-6-4-11-3-2-8-16-11/h2-3,8-9H,4-7H2,1H3,(H,13,14).